The monoisotopic (exact) mass is 1090 g/mol. The van der Waals surface area contributed by atoms with Gasteiger partial charge in [-0.05, 0) is 25.7 Å². The van der Waals surface area contributed by atoms with E-state index in [0.29, 0.717) is 24.4 Å². The highest BCUT2D eigenvalue weighted by atomic mass is 32.2. The quantitative estimate of drug-likeness (QED) is 0.0160. The number of carbonyl (C=O) groups is 3. The Bertz CT molecular complexity index is 1530. The van der Waals surface area contributed by atoms with E-state index in [1.165, 1.54) is 102 Å². The van der Waals surface area contributed by atoms with Gasteiger partial charge in [-0.15, -0.1) is 0 Å². The molecule has 70 heavy (non-hydrogen) atoms. The van der Waals surface area contributed by atoms with Crippen LogP contribution in [0.3, 0.4) is 0 Å². The molecular weight excluding hydrogens is 997 g/mol. The molecule has 414 valence electrons. The first kappa shape index (κ1) is 67.2. The number of ether oxygens (including phenoxy) is 2. The molecule has 0 aromatic heterocycles. The Balaban J connectivity index is 2.62. The lowest BCUT2D eigenvalue weighted by Gasteiger charge is -2.44. The van der Waals surface area contributed by atoms with Crippen molar-refractivity contribution in [2.24, 2.45) is 0 Å². The Morgan fingerprint density at radius 1 is 0.457 bits per heavy atom. The summed E-state index contributed by atoms with van der Waals surface area (Å²) >= 11 is 1.47. The molecule has 4 unspecified atom stereocenters. The van der Waals surface area contributed by atoms with Crippen LogP contribution in [0.1, 0.15) is 213 Å². The second-order valence-electron chi connectivity index (χ2n) is 18.4. The van der Waals surface area contributed by atoms with Gasteiger partial charge in [0, 0.05) is 25.0 Å². The highest BCUT2D eigenvalue weighted by Crippen LogP contribution is 2.51. The van der Waals surface area contributed by atoms with Crippen molar-refractivity contribution >= 4 is 52.3 Å². The molecule has 1 aliphatic carbocycles. The Morgan fingerprint density at radius 2 is 0.843 bits per heavy atom. The second kappa shape index (κ2) is 39.6. The van der Waals surface area contributed by atoms with E-state index in [-0.39, 0.29) is 12.8 Å². The fourth-order valence-corrected chi connectivity index (χ4v) is 11.1. The molecule has 1 fully saturated rings. The molecule has 0 aliphatic heterocycles. The van der Waals surface area contributed by atoms with Gasteiger partial charge in [-0.1, -0.05) is 180 Å². The largest absolute Gasteiger partial charge is 0.472 e. The number of rotatable bonds is 45. The smallest absolute Gasteiger partial charge is 0.462 e. The number of thioether (sulfide) groups is 1. The maximum atomic E-state index is 13.1. The first-order chi connectivity index (χ1) is 33.2. The molecule has 0 saturated heterocycles. The minimum atomic E-state index is -5.60. The third kappa shape index (κ3) is 35.4. The number of aliphatic hydroxyl groups is 3. The zero-order valence-electron chi connectivity index (χ0n) is 41.8. The SMILES string of the molecule is CCCCCCCCCCCCCCCC(=O)O[C@H](COC(=O)CCCCCCCCCCCCCCCCSC(=O)CCC)COP(=O)(O)OC1C(O)[C@@H](O)C(OP(=O)(O)O)[C@@H](OP(=O)(O)O)[C@H]1O. The molecule has 0 spiro atoms. The molecule has 0 aromatic carbocycles. The number of aliphatic hydroxyl groups excluding tert-OH is 3. The zero-order valence-corrected chi connectivity index (χ0v) is 45.3. The van der Waals surface area contributed by atoms with Gasteiger partial charge >= 0.3 is 35.4 Å². The minimum Gasteiger partial charge on any atom is -0.462 e. The maximum Gasteiger partial charge on any atom is 0.472 e. The van der Waals surface area contributed by atoms with Crippen molar-refractivity contribution in [2.45, 2.75) is 256 Å². The number of hydrogen-bond donors (Lipinski definition) is 8. The van der Waals surface area contributed by atoms with Gasteiger partial charge in [-0.25, -0.2) is 13.7 Å². The predicted octanol–water partition coefficient (Wildman–Crippen LogP) is 9.39. The lowest BCUT2D eigenvalue weighted by atomic mass is 9.85. The van der Waals surface area contributed by atoms with Gasteiger partial charge < -0.3 is 49.3 Å². The molecule has 1 saturated carbocycles. The highest BCUT2D eigenvalue weighted by molar-refractivity contribution is 8.13. The number of phosphoric acid groups is 3. The van der Waals surface area contributed by atoms with Crippen molar-refractivity contribution in [1.82, 2.24) is 0 Å². The molecule has 1 aliphatic rings. The number of phosphoric ester groups is 3. The van der Waals surface area contributed by atoms with Gasteiger partial charge in [0.2, 0.25) is 0 Å². The van der Waals surface area contributed by atoms with Crippen molar-refractivity contribution in [1.29, 1.82) is 0 Å². The van der Waals surface area contributed by atoms with Crippen molar-refractivity contribution < 1.29 is 95.4 Å². The van der Waals surface area contributed by atoms with Gasteiger partial charge in [0.05, 0.1) is 6.61 Å². The number of hydrogen-bond acceptors (Lipinski definition) is 16. The molecule has 0 aromatic rings. The summed E-state index contributed by atoms with van der Waals surface area (Å²) in [7, 11) is -16.6. The number of esters is 2. The van der Waals surface area contributed by atoms with Crippen LogP contribution in [-0.4, -0.2) is 119 Å². The summed E-state index contributed by atoms with van der Waals surface area (Å²) < 4.78 is 65.6. The molecule has 0 amide bonds. The average Bonchev–Trinajstić information content (AvgIpc) is 3.28. The van der Waals surface area contributed by atoms with E-state index in [9.17, 15) is 67.9 Å². The van der Waals surface area contributed by atoms with Crippen LogP contribution in [0.4, 0.5) is 0 Å². The Morgan fingerprint density at radius 3 is 1.27 bits per heavy atom. The van der Waals surface area contributed by atoms with Crippen LogP contribution in [0.5, 0.6) is 0 Å². The fourth-order valence-electron chi connectivity index (χ4n) is 8.08. The van der Waals surface area contributed by atoms with Gasteiger partial charge in [-0.3, -0.25) is 32.5 Å². The predicted molar refractivity (Wildman–Crippen MR) is 265 cm³/mol. The summed E-state index contributed by atoms with van der Waals surface area (Å²) in [5.74, 6) is -0.377. The molecule has 1 rings (SSSR count). The summed E-state index contributed by atoms with van der Waals surface area (Å²) in [6, 6.07) is 0. The summed E-state index contributed by atoms with van der Waals surface area (Å²) in [4.78, 5) is 84.9. The van der Waals surface area contributed by atoms with E-state index in [1.54, 1.807) is 0 Å². The van der Waals surface area contributed by atoms with E-state index < -0.39 is 91.3 Å². The average molecular weight is 1090 g/mol. The van der Waals surface area contributed by atoms with Crippen LogP contribution >= 0.6 is 35.2 Å². The van der Waals surface area contributed by atoms with E-state index in [4.69, 9.17) is 18.5 Å². The van der Waals surface area contributed by atoms with Gasteiger partial charge in [0.15, 0.2) is 11.2 Å². The molecule has 8 atom stereocenters. The molecular formula is C46H89O20P3S. The molecule has 0 heterocycles. The zero-order chi connectivity index (χ0) is 52.3. The van der Waals surface area contributed by atoms with Crippen LogP contribution in [0, 0.1) is 0 Å². The first-order valence-corrected chi connectivity index (χ1v) is 31.4. The Hall–Kier alpha value is -0.830. The molecule has 8 N–H and O–H groups in total. The normalized spacial score (nSPS) is 21.1. The van der Waals surface area contributed by atoms with Crippen molar-refractivity contribution in [3.05, 3.63) is 0 Å². The van der Waals surface area contributed by atoms with Crippen molar-refractivity contribution in [2.75, 3.05) is 19.0 Å². The first-order valence-electron chi connectivity index (χ1n) is 25.9. The van der Waals surface area contributed by atoms with E-state index in [0.717, 1.165) is 82.8 Å². The number of unbranched alkanes of at least 4 members (excludes halogenated alkanes) is 25. The Labute approximate surface area is 420 Å². The maximum absolute atomic E-state index is 13.1. The van der Waals surface area contributed by atoms with E-state index >= 15 is 0 Å². The van der Waals surface area contributed by atoms with Crippen LogP contribution < -0.4 is 0 Å². The lowest BCUT2D eigenvalue weighted by Crippen LogP contribution is -2.65. The molecule has 20 nitrogen and oxygen atoms in total. The summed E-state index contributed by atoms with van der Waals surface area (Å²) in [6.45, 7) is 2.74. The third-order valence-corrected chi connectivity index (χ3v) is 15.0. The number of carbonyl (C=O) groups excluding carboxylic acids is 3. The highest BCUT2D eigenvalue weighted by Gasteiger charge is 2.56. The van der Waals surface area contributed by atoms with E-state index in [1.807, 2.05) is 6.92 Å². The van der Waals surface area contributed by atoms with Gasteiger partial charge in [0.25, 0.3) is 0 Å². The fraction of sp³-hybridized carbons (Fsp3) is 0.935. The third-order valence-electron chi connectivity index (χ3n) is 11.9. The van der Waals surface area contributed by atoms with E-state index in [2.05, 4.69) is 16.0 Å². The molecule has 0 bridgehead atoms. The Kier molecular flexibility index (Phi) is 38.0. The summed E-state index contributed by atoms with van der Waals surface area (Å²) in [6.07, 6.45) is 14.7. The second-order valence-corrected chi connectivity index (χ2v) is 23.3. The lowest BCUT2D eigenvalue weighted by molar-refractivity contribution is -0.213. The van der Waals surface area contributed by atoms with Crippen molar-refractivity contribution in [3.63, 3.8) is 0 Å². The van der Waals surface area contributed by atoms with Crippen LogP contribution in [0.2, 0.25) is 0 Å². The van der Waals surface area contributed by atoms with Crippen LogP contribution in [0.15, 0.2) is 0 Å². The van der Waals surface area contributed by atoms with Gasteiger partial charge in [-0.2, -0.15) is 0 Å². The minimum absolute atomic E-state index is 0.00302. The van der Waals surface area contributed by atoms with Crippen molar-refractivity contribution in [3.8, 4) is 0 Å². The summed E-state index contributed by atoms with van der Waals surface area (Å²) in [5.41, 5.74) is 0. The standard InChI is InChI=1S/C46H89O20P3S/c1-3-5-6-7-8-9-10-13-17-20-23-26-29-33-39(48)63-37(35-61-38(47)32-28-25-22-19-16-14-11-12-15-18-21-24-27-30-34-70-40(49)31-4-2)36-62-69(59,60)66-44-41(50)42(51)45(64-67(53,54)55)46(43(44)52)65-68(56,57)58/h37,41-46,50-52H,3-36H2,1-2H3,(H,59,60)(H2,53,54,55)(H2,56,57,58)/t37-,41?,42-,43+,44?,45?,46+/m1/s1. The topological polar surface area (TPSA) is 320 Å². The van der Waals surface area contributed by atoms with Crippen LogP contribution in [-0.2, 0) is 55.6 Å². The van der Waals surface area contributed by atoms with Crippen LogP contribution in [0.25, 0.3) is 0 Å². The van der Waals surface area contributed by atoms with Gasteiger partial charge in [0.1, 0.15) is 43.2 Å². The summed E-state index contributed by atoms with van der Waals surface area (Å²) in [5, 5.41) is 32.2. The molecule has 24 heteroatoms. The molecule has 0 radical (unpaired) electrons.